The van der Waals surface area contributed by atoms with Gasteiger partial charge in [0.2, 0.25) is 0 Å². The summed E-state index contributed by atoms with van der Waals surface area (Å²) in [6, 6.07) is 23.9. The molecular weight excluding hydrogens is 366 g/mol. The molecule has 2 atom stereocenters. The van der Waals surface area contributed by atoms with Crippen LogP contribution in [0.2, 0.25) is 0 Å². The molecule has 0 spiro atoms. The molecule has 6 heteroatoms. The lowest BCUT2D eigenvalue weighted by molar-refractivity contribution is -0.141. The molecule has 1 heterocycles. The summed E-state index contributed by atoms with van der Waals surface area (Å²) in [5, 5.41) is 17.3. The van der Waals surface area contributed by atoms with Crippen molar-refractivity contribution in [2.24, 2.45) is 0 Å². The molecular formula is C23H21N3O3. The van der Waals surface area contributed by atoms with Crippen molar-refractivity contribution >= 4 is 23.3 Å². The predicted molar refractivity (Wildman–Crippen MR) is 111 cm³/mol. The fourth-order valence-corrected chi connectivity index (χ4v) is 3.56. The zero-order chi connectivity index (χ0) is 20.4. The molecule has 0 radical (unpaired) electrons. The molecule has 4 rings (SSSR count). The Balaban J connectivity index is 1.79. The van der Waals surface area contributed by atoms with Crippen LogP contribution in [0.25, 0.3) is 0 Å². The molecule has 0 aliphatic carbocycles. The van der Waals surface area contributed by atoms with Crippen molar-refractivity contribution in [1.82, 2.24) is 5.32 Å². The summed E-state index contributed by atoms with van der Waals surface area (Å²) >= 11 is 0. The lowest BCUT2D eigenvalue weighted by atomic mass is 9.94. The second-order valence-electron chi connectivity index (χ2n) is 6.92. The molecule has 0 fully saturated rings. The molecule has 146 valence electrons. The van der Waals surface area contributed by atoms with Gasteiger partial charge in [-0.1, -0.05) is 66.7 Å². The number of hydrogen-bond acceptors (Lipinski definition) is 3. The molecule has 29 heavy (non-hydrogen) atoms. The summed E-state index contributed by atoms with van der Waals surface area (Å²) in [6.07, 6.45) is 0. The SMILES string of the molecule is CC(NC(=O)C1(O)c2ccccc2NC(=O)N1c1ccccc1)c1ccccc1. The summed E-state index contributed by atoms with van der Waals surface area (Å²) in [7, 11) is 0. The van der Waals surface area contributed by atoms with Crippen LogP contribution in [0.4, 0.5) is 16.2 Å². The maximum atomic E-state index is 13.4. The first-order valence-electron chi connectivity index (χ1n) is 9.36. The first kappa shape index (κ1) is 18.7. The molecule has 1 aliphatic rings. The number of hydrogen-bond donors (Lipinski definition) is 3. The van der Waals surface area contributed by atoms with E-state index in [4.69, 9.17) is 0 Å². The Labute approximate surface area is 168 Å². The lowest BCUT2D eigenvalue weighted by Gasteiger charge is -2.43. The molecule has 2 unspecified atom stereocenters. The van der Waals surface area contributed by atoms with Crippen LogP contribution in [0.15, 0.2) is 84.9 Å². The van der Waals surface area contributed by atoms with Crippen LogP contribution in [0.5, 0.6) is 0 Å². The van der Waals surface area contributed by atoms with E-state index in [0.717, 1.165) is 10.5 Å². The monoisotopic (exact) mass is 387 g/mol. The van der Waals surface area contributed by atoms with E-state index in [1.807, 2.05) is 37.3 Å². The topological polar surface area (TPSA) is 81.7 Å². The van der Waals surface area contributed by atoms with Gasteiger partial charge in [-0.25, -0.2) is 4.79 Å². The van der Waals surface area contributed by atoms with Crippen molar-refractivity contribution < 1.29 is 14.7 Å². The Morgan fingerprint density at radius 2 is 1.55 bits per heavy atom. The smallest absolute Gasteiger partial charge is 0.329 e. The number of nitrogens with zero attached hydrogens (tertiary/aromatic N) is 1. The molecule has 3 N–H and O–H groups in total. The number of para-hydroxylation sites is 2. The van der Waals surface area contributed by atoms with E-state index < -0.39 is 17.7 Å². The van der Waals surface area contributed by atoms with Crippen molar-refractivity contribution in [2.45, 2.75) is 18.7 Å². The molecule has 6 nitrogen and oxygen atoms in total. The quantitative estimate of drug-likeness (QED) is 0.638. The van der Waals surface area contributed by atoms with E-state index in [1.165, 1.54) is 0 Å². The number of aliphatic hydroxyl groups is 1. The second kappa shape index (κ2) is 7.41. The Bertz CT molecular complexity index is 1040. The van der Waals surface area contributed by atoms with E-state index >= 15 is 0 Å². The van der Waals surface area contributed by atoms with Crippen molar-refractivity contribution in [3.05, 3.63) is 96.1 Å². The summed E-state index contributed by atoms with van der Waals surface area (Å²) in [5.41, 5.74) is -0.201. The van der Waals surface area contributed by atoms with Gasteiger partial charge in [0.05, 0.1) is 11.7 Å². The second-order valence-corrected chi connectivity index (χ2v) is 6.92. The fraction of sp³-hybridized carbons (Fsp3) is 0.130. The molecule has 0 saturated heterocycles. The Morgan fingerprint density at radius 3 is 2.24 bits per heavy atom. The normalized spacial score (nSPS) is 19.1. The van der Waals surface area contributed by atoms with E-state index in [1.54, 1.807) is 54.6 Å². The highest BCUT2D eigenvalue weighted by Gasteiger charge is 2.52. The van der Waals surface area contributed by atoms with Crippen LogP contribution in [-0.4, -0.2) is 17.0 Å². The highest BCUT2D eigenvalue weighted by molar-refractivity contribution is 6.11. The van der Waals surface area contributed by atoms with E-state index in [-0.39, 0.29) is 6.04 Å². The first-order valence-corrected chi connectivity index (χ1v) is 9.36. The van der Waals surface area contributed by atoms with Gasteiger partial charge in [-0.3, -0.25) is 9.69 Å². The van der Waals surface area contributed by atoms with Gasteiger partial charge in [0.15, 0.2) is 0 Å². The number of carbonyl (C=O) groups excluding carboxylic acids is 2. The minimum atomic E-state index is -2.21. The zero-order valence-corrected chi connectivity index (χ0v) is 15.9. The average molecular weight is 387 g/mol. The van der Waals surface area contributed by atoms with Gasteiger partial charge in [-0.05, 0) is 30.7 Å². The largest absolute Gasteiger partial charge is 0.359 e. The number of amides is 3. The van der Waals surface area contributed by atoms with E-state index in [2.05, 4.69) is 10.6 Å². The van der Waals surface area contributed by atoms with Gasteiger partial charge in [0.25, 0.3) is 11.6 Å². The number of benzene rings is 3. The summed E-state index contributed by atoms with van der Waals surface area (Å²) in [4.78, 5) is 27.4. The number of anilines is 2. The van der Waals surface area contributed by atoms with Gasteiger partial charge in [-0.2, -0.15) is 0 Å². The summed E-state index contributed by atoms with van der Waals surface area (Å²) in [6.45, 7) is 1.83. The molecule has 3 aromatic rings. The third kappa shape index (κ3) is 3.23. The molecule has 0 aromatic heterocycles. The minimum absolute atomic E-state index is 0.307. The zero-order valence-electron chi connectivity index (χ0n) is 15.9. The predicted octanol–water partition coefficient (Wildman–Crippen LogP) is 3.76. The molecule has 1 aliphatic heterocycles. The highest BCUT2D eigenvalue weighted by atomic mass is 16.3. The van der Waals surface area contributed by atoms with Crippen LogP contribution < -0.4 is 15.5 Å². The van der Waals surface area contributed by atoms with E-state index in [9.17, 15) is 14.7 Å². The number of nitrogens with one attached hydrogen (secondary N) is 2. The third-order valence-corrected chi connectivity index (χ3v) is 5.05. The van der Waals surface area contributed by atoms with Crippen molar-refractivity contribution in [2.75, 3.05) is 10.2 Å². The summed E-state index contributed by atoms with van der Waals surface area (Å²) < 4.78 is 0. The van der Waals surface area contributed by atoms with E-state index in [0.29, 0.717) is 16.9 Å². The molecule has 3 aromatic carbocycles. The minimum Gasteiger partial charge on any atom is -0.359 e. The van der Waals surface area contributed by atoms with Crippen LogP contribution in [0, 0.1) is 0 Å². The lowest BCUT2D eigenvalue weighted by Crippen LogP contribution is -2.62. The van der Waals surface area contributed by atoms with Gasteiger partial charge in [0, 0.05) is 11.3 Å². The Hall–Kier alpha value is -3.64. The number of rotatable bonds is 4. The van der Waals surface area contributed by atoms with Gasteiger partial charge >= 0.3 is 6.03 Å². The van der Waals surface area contributed by atoms with Gasteiger partial charge < -0.3 is 15.7 Å². The standard InChI is InChI=1S/C23H21N3O3/c1-16(17-10-4-2-5-11-17)24-21(27)23(29)19-14-8-9-15-20(19)25-22(28)26(23)18-12-6-3-7-13-18/h2-16,29H,1H3,(H,24,27)(H,25,28). The maximum Gasteiger partial charge on any atom is 0.329 e. The average Bonchev–Trinajstić information content (AvgIpc) is 2.75. The maximum absolute atomic E-state index is 13.4. The van der Waals surface area contributed by atoms with Crippen molar-refractivity contribution in [1.29, 1.82) is 0 Å². The number of carbonyl (C=O) groups is 2. The Kier molecular flexibility index (Phi) is 4.78. The first-order chi connectivity index (χ1) is 14.0. The van der Waals surface area contributed by atoms with Gasteiger partial charge in [0.1, 0.15) is 0 Å². The molecule has 0 saturated carbocycles. The Morgan fingerprint density at radius 1 is 0.966 bits per heavy atom. The molecule has 0 bridgehead atoms. The van der Waals surface area contributed by atoms with Crippen LogP contribution in [0.3, 0.4) is 0 Å². The fourth-order valence-electron chi connectivity index (χ4n) is 3.56. The number of urea groups is 1. The van der Waals surface area contributed by atoms with Crippen molar-refractivity contribution in [3.63, 3.8) is 0 Å². The van der Waals surface area contributed by atoms with Crippen LogP contribution >= 0.6 is 0 Å². The van der Waals surface area contributed by atoms with Crippen LogP contribution in [-0.2, 0) is 10.5 Å². The third-order valence-electron chi connectivity index (χ3n) is 5.05. The highest BCUT2D eigenvalue weighted by Crippen LogP contribution is 2.39. The molecule has 3 amide bonds. The van der Waals surface area contributed by atoms with Crippen LogP contribution in [0.1, 0.15) is 24.1 Å². The summed E-state index contributed by atoms with van der Waals surface area (Å²) in [5.74, 6) is -0.681. The van der Waals surface area contributed by atoms with Crippen molar-refractivity contribution in [3.8, 4) is 0 Å². The van der Waals surface area contributed by atoms with Gasteiger partial charge in [-0.15, -0.1) is 0 Å². The number of fused-ring (bicyclic) bond motifs is 1.